The second-order valence-corrected chi connectivity index (χ2v) is 11.0. The van der Waals surface area contributed by atoms with E-state index in [0.717, 1.165) is 11.3 Å². The molecule has 0 aliphatic carbocycles. The molecule has 32 heavy (non-hydrogen) atoms. The van der Waals surface area contributed by atoms with Gasteiger partial charge in [0.2, 0.25) is 0 Å². The fourth-order valence-corrected chi connectivity index (χ4v) is 5.84. The second-order valence-electron chi connectivity index (χ2n) is 9.22. The third-order valence-corrected chi connectivity index (χ3v) is 7.43. The van der Waals surface area contributed by atoms with Crippen molar-refractivity contribution in [3.05, 3.63) is 71.4 Å². The highest BCUT2D eigenvalue weighted by Crippen LogP contribution is 2.36. The van der Waals surface area contributed by atoms with Crippen molar-refractivity contribution in [1.29, 1.82) is 0 Å². The van der Waals surface area contributed by atoms with E-state index in [9.17, 15) is 13.2 Å². The zero-order valence-electron chi connectivity index (χ0n) is 19.0. The molecule has 0 saturated carbocycles. The molecule has 0 saturated heterocycles. The van der Waals surface area contributed by atoms with Crippen molar-refractivity contribution in [2.75, 3.05) is 9.62 Å². The maximum Gasteiger partial charge on any atom is 0.264 e. The number of aryl methyl sites for hydroxylation is 1. The van der Waals surface area contributed by atoms with Crippen LogP contribution >= 0.6 is 0 Å². The lowest BCUT2D eigenvalue weighted by molar-refractivity contribution is 0.102. The number of carbonyl (C=O) groups excluding carboxylic acids is 1. The fraction of sp³-hybridized carbons (Fsp3) is 0.333. The average molecular weight is 453 g/mol. The van der Waals surface area contributed by atoms with Gasteiger partial charge >= 0.3 is 0 Å². The molecule has 0 radical (unpaired) electrons. The summed E-state index contributed by atoms with van der Waals surface area (Å²) in [7, 11) is -3.82. The summed E-state index contributed by atoms with van der Waals surface area (Å²) >= 11 is 0. The van der Waals surface area contributed by atoms with Crippen LogP contribution in [0, 0.1) is 6.92 Å². The molecular formula is C24H28N4O3S. The summed E-state index contributed by atoms with van der Waals surface area (Å²) in [5.41, 5.74) is 2.43. The maximum atomic E-state index is 13.5. The van der Waals surface area contributed by atoms with Gasteiger partial charge in [0.15, 0.2) is 0 Å². The van der Waals surface area contributed by atoms with Crippen molar-refractivity contribution in [3.63, 3.8) is 0 Å². The summed E-state index contributed by atoms with van der Waals surface area (Å²) in [5, 5.41) is 7.35. The van der Waals surface area contributed by atoms with E-state index in [0.29, 0.717) is 17.9 Å². The molecule has 1 aliphatic heterocycles. The smallest absolute Gasteiger partial charge is 0.264 e. The Hall–Kier alpha value is -3.13. The molecule has 1 N–H and O–H groups in total. The first kappa shape index (κ1) is 22.1. The molecule has 0 fully saturated rings. The van der Waals surface area contributed by atoms with E-state index in [1.165, 1.54) is 16.4 Å². The summed E-state index contributed by atoms with van der Waals surface area (Å²) in [5.74, 6) is 0.178. The van der Waals surface area contributed by atoms with Crippen molar-refractivity contribution >= 4 is 27.4 Å². The van der Waals surface area contributed by atoms with Gasteiger partial charge in [0.05, 0.1) is 21.8 Å². The van der Waals surface area contributed by atoms with Crippen molar-refractivity contribution in [3.8, 4) is 0 Å². The van der Waals surface area contributed by atoms with E-state index >= 15 is 0 Å². The molecule has 0 spiro atoms. The molecule has 1 aromatic heterocycles. The van der Waals surface area contributed by atoms with E-state index in [2.05, 4.69) is 10.4 Å². The molecule has 2 aromatic carbocycles. The zero-order valence-corrected chi connectivity index (χ0v) is 19.8. The Labute approximate surface area is 189 Å². The average Bonchev–Trinajstić information content (AvgIpc) is 3.26. The fourth-order valence-electron chi connectivity index (χ4n) is 4.10. The topological polar surface area (TPSA) is 84.3 Å². The van der Waals surface area contributed by atoms with Gasteiger partial charge in [-0.3, -0.25) is 9.10 Å². The molecule has 1 unspecified atom stereocenters. The van der Waals surface area contributed by atoms with Crippen molar-refractivity contribution < 1.29 is 13.2 Å². The molecule has 4 rings (SSSR count). The number of para-hydroxylation sites is 1. The van der Waals surface area contributed by atoms with Gasteiger partial charge in [-0.05, 0) is 70.9 Å². The summed E-state index contributed by atoms with van der Waals surface area (Å²) < 4.78 is 30.2. The molecule has 168 valence electrons. The van der Waals surface area contributed by atoms with Crippen molar-refractivity contribution in [1.82, 2.24) is 9.78 Å². The van der Waals surface area contributed by atoms with Crippen LogP contribution in [0.5, 0.6) is 0 Å². The number of sulfonamides is 1. The number of hydrogen-bond acceptors (Lipinski definition) is 4. The van der Waals surface area contributed by atoms with E-state index in [-0.39, 0.29) is 27.9 Å². The number of nitrogens with one attached hydrogen (secondary N) is 1. The van der Waals surface area contributed by atoms with Gasteiger partial charge in [-0.1, -0.05) is 24.3 Å². The summed E-state index contributed by atoms with van der Waals surface area (Å²) in [6.45, 7) is 9.75. The van der Waals surface area contributed by atoms with Gasteiger partial charge in [0, 0.05) is 17.7 Å². The molecular weight excluding hydrogens is 424 g/mol. The number of anilines is 2. The summed E-state index contributed by atoms with van der Waals surface area (Å²) in [6, 6.07) is 15.3. The Balaban J connectivity index is 1.66. The SMILES string of the molecule is Cc1cc(NC(=O)c2cccc(S(=O)(=O)N3c4ccccc4CC3C)c2)n(C(C)(C)C)n1. The minimum Gasteiger partial charge on any atom is -0.307 e. The monoisotopic (exact) mass is 452 g/mol. The predicted octanol–water partition coefficient (Wildman–Crippen LogP) is 4.34. The van der Waals surface area contributed by atoms with Gasteiger partial charge < -0.3 is 5.32 Å². The Bertz CT molecular complexity index is 1290. The minimum absolute atomic E-state index is 0.0919. The Morgan fingerprint density at radius 1 is 1.09 bits per heavy atom. The number of carbonyl (C=O) groups is 1. The predicted molar refractivity (Wildman–Crippen MR) is 126 cm³/mol. The van der Waals surface area contributed by atoms with Gasteiger partial charge in [-0.2, -0.15) is 5.10 Å². The summed E-state index contributed by atoms with van der Waals surface area (Å²) in [6.07, 6.45) is 0.658. The number of rotatable bonds is 4. The van der Waals surface area contributed by atoms with E-state index < -0.39 is 10.0 Å². The van der Waals surface area contributed by atoms with Crippen LogP contribution in [0.1, 0.15) is 49.3 Å². The molecule has 3 aromatic rings. The van der Waals surface area contributed by atoms with Crippen LogP contribution in [0.2, 0.25) is 0 Å². The molecule has 2 heterocycles. The third kappa shape index (κ3) is 3.90. The molecule has 1 amide bonds. The first-order valence-corrected chi connectivity index (χ1v) is 12.0. The van der Waals surface area contributed by atoms with Gasteiger partial charge in [0.25, 0.3) is 15.9 Å². The number of fused-ring (bicyclic) bond motifs is 1. The Morgan fingerprint density at radius 3 is 2.53 bits per heavy atom. The normalized spacial score (nSPS) is 16.2. The zero-order chi connectivity index (χ0) is 23.3. The van der Waals surface area contributed by atoms with E-state index in [1.807, 2.05) is 58.9 Å². The first-order chi connectivity index (χ1) is 15.0. The molecule has 1 atom stereocenters. The summed E-state index contributed by atoms with van der Waals surface area (Å²) in [4.78, 5) is 13.1. The number of hydrogen-bond donors (Lipinski definition) is 1. The van der Waals surface area contributed by atoms with Crippen LogP contribution in [0.25, 0.3) is 0 Å². The maximum absolute atomic E-state index is 13.5. The molecule has 1 aliphatic rings. The highest BCUT2D eigenvalue weighted by Gasteiger charge is 2.36. The van der Waals surface area contributed by atoms with Crippen LogP contribution in [0.15, 0.2) is 59.5 Å². The number of benzene rings is 2. The van der Waals surface area contributed by atoms with E-state index in [4.69, 9.17) is 0 Å². The number of amides is 1. The Kier molecular flexibility index (Phi) is 5.36. The molecule has 0 bridgehead atoms. The van der Waals surface area contributed by atoms with Crippen molar-refractivity contribution in [2.24, 2.45) is 0 Å². The minimum atomic E-state index is -3.82. The third-order valence-electron chi connectivity index (χ3n) is 5.51. The number of aromatic nitrogens is 2. The standard InChI is InChI=1S/C24H28N4O3S/c1-16-13-22(28(26-16)24(3,4)5)25-23(29)19-10-8-11-20(15-19)32(30,31)27-17(2)14-18-9-6-7-12-21(18)27/h6-13,15,17H,14H2,1-5H3,(H,25,29). The Morgan fingerprint density at radius 2 is 1.81 bits per heavy atom. The van der Waals surface area contributed by atoms with Crippen LogP contribution in [0.4, 0.5) is 11.5 Å². The van der Waals surface area contributed by atoms with Gasteiger partial charge in [0.1, 0.15) is 5.82 Å². The quantitative estimate of drug-likeness (QED) is 0.638. The lowest BCUT2D eigenvalue weighted by Gasteiger charge is -2.24. The van der Waals surface area contributed by atoms with Gasteiger partial charge in [-0.25, -0.2) is 13.1 Å². The van der Waals surface area contributed by atoms with Crippen LogP contribution in [0.3, 0.4) is 0 Å². The highest BCUT2D eigenvalue weighted by molar-refractivity contribution is 7.92. The van der Waals surface area contributed by atoms with Crippen molar-refractivity contribution in [2.45, 2.75) is 57.5 Å². The van der Waals surface area contributed by atoms with Crippen LogP contribution in [-0.2, 0) is 22.0 Å². The lowest BCUT2D eigenvalue weighted by Crippen LogP contribution is -2.35. The van der Waals surface area contributed by atoms with Crippen LogP contribution in [-0.4, -0.2) is 30.1 Å². The number of nitrogens with zero attached hydrogens (tertiary/aromatic N) is 3. The second kappa shape index (κ2) is 7.78. The van der Waals surface area contributed by atoms with E-state index in [1.54, 1.807) is 22.9 Å². The largest absolute Gasteiger partial charge is 0.307 e. The first-order valence-electron chi connectivity index (χ1n) is 10.6. The molecule has 8 heteroatoms. The van der Waals surface area contributed by atoms with Crippen LogP contribution < -0.4 is 9.62 Å². The highest BCUT2D eigenvalue weighted by atomic mass is 32.2. The molecule has 7 nitrogen and oxygen atoms in total. The van der Waals surface area contributed by atoms with Gasteiger partial charge in [-0.15, -0.1) is 0 Å². The lowest BCUT2D eigenvalue weighted by atomic mass is 10.1.